The van der Waals surface area contributed by atoms with Crippen LogP contribution >= 0.6 is 0 Å². The highest BCUT2D eigenvalue weighted by atomic mass is 16.5. The average Bonchev–Trinajstić information content (AvgIpc) is 2.25. The molecule has 0 aliphatic rings. The molecule has 4 heteroatoms. The van der Waals surface area contributed by atoms with Crippen LogP contribution in [0.25, 0.3) is 0 Å². The number of nitrogens with zero attached hydrogens (tertiary/aromatic N) is 1. The fourth-order valence-electron chi connectivity index (χ4n) is 1.91. The molecule has 0 aromatic heterocycles. The number of nitrogens with one attached hydrogen (secondary N) is 1. The Labute approximate surface area is 106 Å². The zero-order valence-electron chi connectivity index (χ0n) is 12.3. The van der Waals surface area contributed by atoms with Crippen molar-refractivity contribution < 1.29 is 9.84 Å². The molecule has 0 spiro atoms. The van der Waals surface area contributed by atoms with E-state index in [0.717, 1.165) is 19.6 Å². The third kappa shape index (κ3) is 6.99. The quantitative estimate of drug-likeness (QED) is 0.639. The molecular formula is C13H30N2O2. The Morgan fingerprint density at radius 3 is 2.35 bits per heavy atom. The minimum absolute atomic E-state index is 0.164. The van der Waals surface area contributed by atoms with Gasteiger partial charge in [-0.05, 0) is 27.3 Å². The lowest BCUT2D eigenvalue weighted by atomic mass is 9.97. The van der Waals surface area contributed by atoms with E-state index in [2.05, 4.69) is 45.0 Å². The van der Waals surface area contributed by atoms with Crippen LogP contribution in [0.2, 0.25) is 0 Å². The molecule has 2 N–H and O–H groups in total. The zero-order chi connectivity index (χ0) is 13.5. The second-order valence-corrected chi connectivity index (χ2v) is 5.55. The van der Waals surface area contributed by atoms with Crippen LogP contribution in [-0.2, 0) is 4.74 Å². The van der Waals surface area contributed by atoms with Crippen LogP contribution in [0, 0.1) is 0 Å². The Morgan fingerprint density at radius 2 is 1.94 bits per heavy atom. The molecular weight excluding hydrogens is 216 g/mol. The van der Waals surface area contributed by atoms with Gasteiger partial charge in [-0.3, -0.25) is 0 Å². The van der Waals surface area contributed by atoms with Crippen molar-refractivity contribution in [3.8, 4) is 0 Å². The van der Waals surface area contributed by atoms with E-state index in [1.807, 2.05) is 0 Å². The van der Waals surface area contributed by atoms with E-state index in [1.54, 1.807) is 7.11 Å². The summed E-state index contributed by atoms with van der Waals surface area (Å²) in [6.07, 6.45) is 0.923. The number of aliphatic hydroxyl groups excluding tert-OH is 1. The van der Waals surface area contributed by atoms with Gasteiger partial charge in [0.2, 0.25) is 0 Å². The first-order valence-electron chi connectivity index (χ1n) is 6.42. The van der Waals surface area contributed by atoms with Gasteiger partial charge in [0.15, 0.2) is 0 Å². The first-order valence-corrected chi connectivity index (χ1v) is 6.42. The summed E-state index contributed by atoms with van der Waals surface area (Å²) in [6.45, 7) is 10.3. The van der Waals surface area contributed by atoms with E-state index in [4.69, 9.17) is 4.74 Å². The van der Waals surface area contributed by atoms with E-state index < -0.39 is 0 Å². The fraction of sp³-hybridized carbons (Fsp3) is 1.00. The molecule has 2 unspecified atom stereocenters. The number of hydrogen-bond donors (Lipinski definition) is 2. The van der Waals surface area contributed by atoms with Gasteiger partial charge in [-0.15, -0.1) is 0 Å². The first kappa shape index (κ1) is 16.8. The molecule has 0 radical (unpaired) electrons. The summed E-state index contributed by atoms with van der Waals surface area (Å²) in [5.41, 5.74) is -0.199. The standard InChI is InChI=1S/C13H30N2O2/c1-11(2)14-13(4,10-16)7-8-15(5)12(3)9-17-6/h11-12,14,16H,7-10H2,1-6H3. The predicted molar refractivity (Wildman–Crippen MR) is 72.3 cm³/mol. The highest BCUT2D eigenvalue weighted by molar-refractivity contribution is 4.85. The maximum atomic E-state index is 9.48. The molecule has 0 saturated heterocycles. The minimum atomic E-state index is -0.199. The number of hydrogen-bond acceptors (Lipinski definition) is 4. The van der Waals surface area contributed by atoms with E-state index in [9.17, 15) is 5.11 Å². The van der Waals surface area contributed by atoms with Gasteiger partial charge in [-0.25, -0.2) is 0 Å². The number of rotatable bonds is 9. The monoisotopic (exact) mass is 246 g/mol. The molecule has 4 nitrogen and oxygen atoms in total. The van der Waals surface area contributed by atoms with Crippen LogP contribution in [-0.4, -0.2) is 61.5 Å². The van der Waals surface area contributed by atoms with Gasteiger partial charge in [-0.1, -0.05) is 13.8 Å². The van der Waals surface area contributed by atoms with Crippen molar-refractivity contribution in [2.24, 2.45) is 0 Å². The summed E-state index contributed by atoms with van der Waals surface area (Å²) in [4.78, 5) is 2.26. The van der Waals surface area contributed by atoms with Crippen LogP contribution in [0.15, 0.2) is 0 Å². The molecule has 0 aromatic carbocycles. The van der Waals surface area contributed by atoms with Crippen LogP contribution < -0.4 is 5.32 Å². The van der Waals surface area contributed by atoms with E-state index in [0.29, 0.717) is 12.1 Å². The van der Waals surface area contributed by atoms with Crippen molar-refractivity contribution in [3.63, 3.8) is 0 Å². The summed E-state index contributed by atoms with van der Waals surface area (Å²) in [5, 5.41) is 12.9. The smallest absolute Gasteiger partial charge is 0.0615 e. The molecule has 0 aliphatic heterocycles. The number of methoxy groups -OCH3 is 1. The number of aliphatic hydroxyl groups is 1. The van der Waals surface area contributed by atoms with Gasteiger partial charge >= 0.3 is 0 Å². The van der Waals surface area contributed by atoms with Crippen LogP contribution in [0.1, 0.15) is 34.1 Å². The molecule has 104 valence electrons. The van der Waals surface area contributed by atoms with Gasteiger partial charge in [0.1, 0.15) is 0 Å². The number of ether oxygens (including phenoxy) is 1. The van der Waals surface area contributed by atoms with Crippen LogP contribution in [0.4, 0.5) is 0 Å². The van der Waals surface area contributed by atoms with Crippen molar-refractivity contribution in [2.75, 3.05) is 33.9 Å². The van der Waals surface area contributed by atoms with Crippen molar-refractivity contribution in [1.82, 2.24) is 10.2 Å². The van der Waals surface area contributed by atoms with E-state index in [-0.39, 0.29) is 12.1 Å². The number of likely N-dealkylation sites (N-methyl/N-ethyl adjacent to an activating group) is 1. The summed E-state index contributed by atoms with van der Waals surface area (Å²) >= 11 is 0. The zero-order valence-corrected chi connectivity index (χ0v) is 12.3. The van der Waals surface area contributed by atoms with Crippen molar-refractivity contribution in [2.45, 2.75) is 51.7 Å². The predicted octanol–water partition coefficient (Wildman–Crippen LogP) is 1.09. The maximum Gasteiger partial charge on any atom is 0.0615 e. The van der Waals surface area contributed by atoms with Gasteiger partial charge in [0.25, 0.3) is 0 Å². The molecule has 0 rings (SSSR count). The molecule has 0 aliphatic carbocycles. The molecule has 0 aromatic rings. The molecule has 2 atom stereocenters. The molecule has 0 heterocycles. The lowest BCUT2D eigenvalue weighted by Crippen LogP contribution is -2.51. The van der Waals surface area contributed by atoms with E-state index in [1.165, 1.54) is 0 Å². The second-order valence-electron chi connectivity index (χ2n) is 5.55. The SMILES string of the molecule is COCC(C)N(C)CCC(C)(CO)NC(C)C. The lowest BCUT2D eigenvalue weighted by Gasteiger charge is -2.34. The highest BCUT2D eigenvalue weighted by Crippen LogP contribution is 2.12. The van der Waals surface area contributed by atoms with E-state index >= 15 is 0 Å². The lowest BCUT2D eigenvalue weighted by molar-refractivity contribution is 0.0967. The minimum Gasteiger partial charge on any atom is -0.394 e. The summed E-state index contributed by atoms with van der Waals surface area (Å²) < 4.78 is 5.14. The van der Waals surface area contributed by atoms with Crippen LogP contribution in [0.5, 0.6) is 0 Å². The Kier molecular flexibility index (Phi) is 7.96. The summed E-state index contributed by atoms with van der Waals surface area (Å²) in [5.74, 6) is 0. The van der Waals surface area contributed by atoms with Crippen LogP contribution in [0.3, 0.4) is 0 Å². The Hall–Kier alpha value is -0.160. The third-order valence-corrected chi connectivity index (χ3v) is 3.16. The summed E-state index contributed by atoms with van der Waals surface area (Å²) in [7, 11) is 3.82. The fourth-order valence-corrected chi connectivity index (χ4v) is 1.91. The average molecular weight is 246 g/mol. The third-order valence-electron chi connectivity index (χ3n) is 3.16. The topological polar surface area (TPSA) is 44.7 Å². The van der Waals surface area contributed by atoms with Gasteiger partial charge in [-0.2, -0.15) is 0 Å². The molecule has 0 amide bonds. The Balaban J connectivity index is 4.13. The molecule has 0 bridgehead atoms. The van der Waals surface area contributed by atoms with Gasteiger partial charge in [0.05, 0.1) is 13.2 Å². The van der Waals surface area contributed by atoms with Crippen molar-refractivity contribution >= 4 is 0 Å². The first-order chi connectivity index (χ1) is 7.84. The Morgan fingerprint density at radius 1 is 1.35 bits per heavy atom. The second kappa shape index (κ2) is 8.03. The molecule has 0 fully saturated rings. The van der Waals surface area contributed by atoms with Crippen molar-refractivity contribution in [3.05, 3.63) is 0 Å². The molecule has 0 saturated carbocycles. The maximum absolute atomic E-state index is 9.48. The Bertz CT molecular complexity index is 200. The van der Waals surface area contributed by atoms with Crippen molar-refractivity contribution in [1.29, 1.82) is 0 Å². The molecule has 17 heavy (non-hydrogen) atoms. The highest BCUT2D eigenvalue weighted by Gasteiger charge is 2.24. The van der Waals surface area contributed by atoms with Gasteiger partial charge < -0.3 is 20.1 Å². The normalized spacial score (nSPS) is 17.5. The largest absolute Gasteiger partial charge is 0.394 e. The van der Waals surface area contributed by atoms with Gasteiger partial charge in [0, 0.05) is 31.3 Å². The summed E-state index contributed by atoms with van der Waals surface area (Å²) in [6, 6.07) is 0.788.